The fraction of sp³-hybridized carbons (Fsp3) is 0.176. The van der Waals surface area contributed by atoms with Gasteiger partial charge in [0.15, 0.2) is 0 Å². The molecule has 0 spiro atoms. The third-order valence-electron chi connectivity index (χ3n) is 4.05. The maximum atomic E-state index is 13.7. The van der Waals surface area contributed by atoms with Crippen molar-refractivity contribution >= 4 is 22.7 Å². The molecule has 0 aromatic heterocycles. The summed E-state index contributed by atoms with van der Waals surface area (Å²) in [5, 5.41) is 8.09. The second kappa shape index (κ2) is 6.58. The van der Waals surface area contributed by atoms with Crippen LogP contribution in [0.4, 0.5) is 26.3 Å². The number of hydrogen-bond acceptors (Lipinski definition) is 4. The van der Waals surface area contributed by atoms with Crippen LogP contribution in [0.1, 0.15) is 0 Å². The average molecular weight is 438 g/mol. The SMILES string of the molecule is O=C(O)C(F)(F)C(F)(F)C(F)(F)C(=O)Oc1ccc2c(c1)-c1ccccc1S2=O. The largest absolute Gasteiger partial charge is 0.477 e. The van der Waals surface area contributed by atoms with Gasteiger partial charge in [0.05, 0.1) is 20.6 Å². The van der Waals surface area contributed by atoms with Gasteiger partial charge in [0.2, 0.25) is 0 Å². The summed E-state index contributed by atoms with van der Waals surface area (Å²) >= 11 is 0. The maximum Gasteiger partial charge on any atom is 0.411 e. The summed E-state index contributed by atoms with van der Waals surface area (Å²) in [6.45, 7) is 0. The first-order chi connectivity index (χ1) is 13.3. The van der Waals surface area contributed by atoms with Crippen molar-refractivity contribution in [3.8, 4) is 16.9 Å². The highest BCUT2D eigenvalue weighted by atomic mass is 32.2. The number of carboxylic acids is 1. The van der Waals surface area contributed by atoms with Gasteiger partial charge in [0.25, 0.3) is 0 Å². The fourth-order valence-corrected chi connectivity index (χ4v) is 3.92. The number of carboxylic acid groups (broad SMARTS) is 1. The van der Waals surface area contributed by atoms with Crippen molar-refractivity contribution < 1.29 is 50.0 Å². The minimum atomic E-state index is -6.56. The highest BCUT2D eigenvalue weighted by Gasteiger charge is 2.79. The molecule has 2 aromatic rings. The molecule has 1 heterocycles. The Morgan fingerprint density at radius 3 is 2.07 bits per heavy atom. The first kappa shape index (κ1) is 20.8. The van der Waals surface area contributed by atoms with E-state index in [1.807, 2.05) is 0 Å². The average Bonchev–Trinajstić information content (AvgIpc) is 2.93. The number of hydrogen-bond donors (Lipinski definition) is 1. The van der Waals surface area contributed by atoms with E-state index in [0.29, 0.717) is 10.5 Å². The number of alkyl halides is 6. The Kier molecular flexibility index (Phi) is 4.72. The van der Waals surface area contributed by atoms with Gasteiger partial charge in [-0.2, -0.15) is 26.3 Å². The number of benzene rings is 2. The van der Waals surface area contributed by atoms with E-state index in [0.717, 1.165) is 18.2 Å². The van der Waals surface area contributed by atoms with Crippen LogP contribution in [0.2, 0.25) is 0 Å². The minimum absolute atomic E-state index is 0.204. The zero-order valence-corrected chi connectivity index (χ0v) is 14.6. The third kappa shape index (κ3) is 2.98. The number of halogens is 6. The van der Waals surface area contributed by atoms with Crippen LogP contribution >= 0.6 is 0 Å². The third-order valence-corrected chi connectivity index (χ3v) is 5.56. The molecule has 0 bridgehead atoms. The molecule has 154 valence electrons. The molecule has 0 radical (unpaired) electrons. The number of fused-ring (bicyclic) bond motifs is 3. The second-order valence-corrected chi connectivity index (χ2v) is 7.26. The number of carbonyl (C=O) groups is 2. The van der Waals surface area contributed by atoms with E-state index in [2.05, 4.69) is 4.74 Å². The highest BCUT2D eigenvalue weighted by Crippen LogP contribution is 2.47. The lowest BCUT2D eigenvalue weighted by atomic mass is 10.0. The lowest BCUT2D eigenvalue weighted by Crippen LogP contribution is -2.61. The standard InChI is InChI=1S/C17H8F6O5S/c18-15(19,13(24)25)17(22,23)16(20,21)14(26)28-8-5-6-12-10(7-8)9-3-1-2-4-11(9)29(12)27/h1-7H,(H,24,25). The molecule has 0 amide bonds. The molecular formula is C17H8F6O5S. The van der Waals surface area contributed by atoms with Gasteiger partial charge < -0.3 is 9.84 Å². The van der Waals surface area contributed by atoms with Crippen molar-refractivity contribution in [2.45, 2.75) is 27.6 Å². The van der Waals surface area contributed by atoms with Gasteiger partial charge >= 0.3 is 29.7 Å². The first-order valence-electron chi connectivity index (χ1n) is 7.56. The number of aliphatic carboxylic acids is 1. The lowest BCUT2D eigenvalue weighted by molar-refractivity contribution is -0.297. The first-order valence-corrected chi connectivity index (χ1v) is 8.71. The quantitative estimate of drug-likeness (QED) is 0.373. The van der Waals surface area contributed by atoms with E-state index < -0.39 is 46.3 Å². The van der Waals surface area contributed by atoms with Crippen molar-refractivity contribution in [1.29, 1.82) is 0 Å². The van der Waals surface area contributed by atoms with Crippen LogP contribution in [0.5, 0.6) is 5.75 Å². The molecule has 29 heavy (non-hydrogen) atoms. The Morgan fingerprint density at radius 1 is 0.862 bits per heavy atom. The normalized spacial score (nSPS) is 16.1. The summed E-state index contributed by atoms with van der Waals surface area (Å²) in [6, 6.07) is 9.18. The van der Waals surface area contributed by atoms with E-state index in [1.54, 1.807) is 12.1 Å². The van der Waals surface area contributed by atoms with E-state index in [4.69, 9.17) is 5.11 Å². The number of carbonyl (C=O) groups excluding carboxylic acids is 1. The highest BCUT2D eigenvalue weighted by molar-refractivity contribution is 7.85. The predicted molar refractivity (Wildman–Crippen MR) is 84.7 cm³/mol. The Morgan fingerprint density at radius 2 is 1.45 bits per heavy atom. The van der Waals surface area contributed by atoms with Gasteiger partial charge in [0, 0.05) is 5.56 Å². The predicted octanol–water partition coefficient (Wildman–Crippen LogP) is 3.73. The monoisotopic (exact) mass is 438 g/mol. The van der Waals surface area contributed by atoms with E-state index in [9.17, 15) is 40.1 Å². The zero-order valence-electron chi connectivity index (χ0n) is 13.8. The molecule has 0 saturated carbocycles. The Balaban J connectivity index is 1.93. The molecule has 1 N–H and O–H groups in total. The van der Waals surface area contributed by atoms with Crippen LogP contribution in [-0.4, -0.2) is 39.0 Å². The Bertz CT molecular complexity index is 1050. The van der Waals surface area contributed by atoms with Gasteiger partial charge in [-0.05, 0) is 29.8 Å². The summed E-state index contributed by atoms with van der Waals surface area (Å²) in [5.41, 5.74) is 0.614. The molecule has 2 aromatic carbocycles. The lowest BCUT2D eigenvalue weighted by Gasteiger charge is -2.28. The number of rotatable bonds is 5. The maximum absolute atomic E-state index is 13.7. The summed E-state index contributed by atoms with van der Waals surface area (Å²) in [5.74, 6) is -26.3. The molecule has 1 atom stereocenters. The van der Waals surface area contributed by atoms with Crippen LogP contribution in [0, 0.1) is 0 Å². The molecule has 0 aliphatic carbocycles. The molecule has 0 fully saturated rings. The minimum Gasteiger partial charge on any atom is -0.477 e. The van der Waals surface area contributed by atoms with Crippen LogP contribution in [0.15, 0.2) is 52.3 Å². The zero-order chi connectivity index (χ0) is 21.8. The van der Waals surface area contributed by atoms with Crippen LogP contribution in [-0.2, 0) is 20.4 Å². The van der Waals surface area contributed by atoms with Gasteiger partial charge in [0.1, 0.15) is 5.75 Å². The van der Waals surface area contributed by atoms with E-state index in [-0.39, 0.29) is 10.5 Å². The molecule has 1 aliphatic rings. The molecule has 3 rings (SSSR count). The topological polar surface area (TPSA) is 80.7 Å². The second-order valence-electron chi connectivity index (χ2n) is 5.84. The van der Waals surface area contributed by atoms with Gasteiger partial charge in [-0.15, -0.1) is 0 Å². The molecular weight excluding hydrogens is 430 g/mol. The molecule has 1 unspecified atom stereocenters. The van der Waals surface area contributed by atoms with Crippen molar-refractivity contribution in [1.82, 2.24) is 0 Å². The Hall–Kier alpha value is -2.89. The number of esters is 1. The molecule has 0 saturated heterocycles. The number of ether oxygens (including phenoxy) is 1. The van der Waals surface area contributed by atoms with Gasteiger partial charge in [-0.3, -0.25) is 0 Å². The van der Waals surface area contributed by atoms with Crippen molar-refractivity contribution in [2.75, 3.05) is 0 Å². The summed E-state index contributed by atoms with van der Waals surface area (Å²) < 4.78 is 96.8. The van der Waals surface area contributed by atoms with Crippen LogP contribution in [0.3, 0.4) is 0 Å². The molecule has 5 nitrogen and oxygen atoms in total. The molecule has 12 heteroatoms. The van der Waals surface area contributed by atoms with Crippen molar-refractivity contribution in [2.24, 2.45) is 0 Å². The van der Waals surface area contributed by atoms with Gasteiger partial charge in [-0.1, -0.05) is 18.2 Å². The van der Waals surface area contributed by atoms with E-state index in [1.165, 1.54) is 12.1 Å². The van der Waals surface area contributed by atoms with Crippen LogP contribution < -0.4 is 4.74 Å². The Labute approximate surface area is 160 Å². The van der Waals surface area contributed by atoms with Crippen molar-refractivity contribution in [3.63, 3.8) is 0 Å². The van der Waals surface area contributed by atoms with E-state index >= 15 is 0 Å². The summed E-state index contributed by atoms with van der Waals surface area (Å²) in [4.78, 5) is 22.4. The summed E-state index contributed by atoms with van der Waals surface area (Å²) in [6.07, 6.45) is 0. The summed E-state index contributed by atoms with van der Waals surface area (Å²) in [7, 11) is -1.61. The smallest absolute Gasteiger partial charge is 0.411 e. The fourth-order valence-electron chi connectivity index (χ4n) is 2.54. The van der Waals surface area contributed by atoms with Crippen LogP contribution in [0.25, 0.3) is 11.1 Å². The molecule has 1 aliphatic heterocycles. The van der Waals surface area contributed by atoms with Crippen molar-refractivity contribution in [3.05, 3.63) is 42.5 Å². The van der Waals surface area contributed by atoms with Gasteiger partial charge in [-0.25, -0.2) is 13.8 Å².